The fraction of sp³-hybridized carbons (Fsp3) is 0.600. The Bertz CT molecular complexity index is 147. The van der Waals surface area contributed by atoms with Crippen LogP contribution in [-0.2, 0) is 0 Å². The Morgan fingerprint density at radius 2 is 2.18 bits per heavy atom. The first-order valence-corrected chi connectivity index (χ1v) is 3.99. The number of hydrogen-bond acceptors (Lipinski definition) is 1. The van der Waals surface area contributed by atoms with E-state index in [1.807, 2.05) is 26.0 Å². The lowest BCUT2D eigenvalue weighted by Crippen LogP contribution is -2.26. The highest BCUT2D eigenvalue weighted by molar-refractivity contribution is 5.00. The summed E-state index contributed by atoms with van der Waals surface area (Å²) in [6, 6.07) is 0. The van der Waals surface area contributed by atoms with Crippen LogP contribution in [0.2, 0.25) is 0 Å². The third-order valence-corrected chi connectivity index (χ3v) is 2.21. The van der Waals surface area contributed by atoms with Gasteiger partial charge in [-0.1, -0.05) is 25.2 Å². The molecule has 0 saturated heterocycles. The second-order valence-electron chi connectivity index (χ2n) is 3.16. The summed E-state index contributed by atoms with van der Waals surface area (Å²) in [6.07, 6.45) is 6.37. The van der Waals surface area contributed by atoms with Crippen molar-refractivity contribution in [3.63, 3.8) is 0 Å². The van der Waals surface area contributed by atoms with Crippen molar-refractivity contribution in [1.29, 1.82) is 0 Å². The van der Waals surface area contributed by atoms with E-state index in [0.29, 0.717) is 0 Å². The summed E-state index contributed by atoms with van der Waals surface area (Å²) in [7, 11) is 0. The van der Waals surface area contributed by atoms with Gasteiger partial charge in [0.05, 0.1) is 6.10 Å². The van der Waals surface area contributed by atoms with Gasteiger partial charge in [0, 0.05) is 5.41 Å². The first-order valence-electron chi connectivity index (χ1n) is 3.99. The van der Waals surface area contributed by atoms with Gasteiger partial charge in [0.2, 0.25) is 0 Å². The summed E-state index contributed by atoms with van der Waals surface area (Å²) < 4.78 is 0. The van der Waals surface area contributed by atoms with Crippen molar-refractivity contribution in [2.24, 2.45) is 5.41 Å². The van der Waals surface area contributed by atoms with Crippen LogP contribution in [0.1, 0.15) is 27.2 Å². The zero-order chi connectivity index (χ0) is 8.91. The highest BCUT2D eigenvalue weighted by atomic mass is 16.3. The third kappa shape index (κ3) is 2.89. The molecular weight excluding hydrogens is 136 g/mol. The van der Waals surface area contributed by atoms with E-state index in [-0.39, 0.29) is 11.5 Å². The molecule has 0 amide bonds. The van der Waals surface area contributed by atoms with Crippen LogP contribution in [0.4, 0.5) is 0 Å². The van der Waals surface area contributed by atoms with Gasteiger partial charge in [-0.3, -0.25) is 0 Å². The minimum atomic E-state index is -0.337. The topological polar surface area (TPSA) is 20.2 Å². The zero-order valence-electron chi connectivity index (χ0n) is 7.67. The number of rotatable bonds is 4. The molecule has 0 fully saturated rings. The summed E-state index contributed by atoms with van der Waals surface area (Å²) in [6.45, 7) is 9.49. The number of hydrogen-bond donors (Lipinski definition) is 1. The molecule has 0 aromatic rings. The Morgan fingerprint density at radius 1 is 1.64 bits per heavy atom. The second-order valence-corrected chi connectivity index (χ2v) is 3.16. The van der Waals surface area contributed by atoms with Crippen LogP contribution < -0.4 is 0 Å². The first-order chi connectivity index (χ1) is 5.06. The summed E-state index contributed by atoms with van der Waals surface area (Å²) in [5, 5.41) is 9.39. The van der Waals surface area contributed by atoms with E-state index < -0.39 is 0 Å². The molecule has 0 aromatic carbocycles. The van der Waals surface area contributed by atoms with Gasteiger partial charge < -0.3 is 5.11 Å². The maximum Gasteiger partial charge on any atom is 0.0602 e. The van der Waals surface area contributed by atoms with Crippen molar-refractivity contribution in [2.45, 2.75) is 33.3 Å². The Labute approximate surface area is 69.4 Å². The quantitative estimate of drug-likeness (QED) is 0.617. The van der Waals surface area contributed by atoms with Gasteiger partial charge in [-0.05, 0) is 20.3 Å². The molecule has 0 spiro atoms. The van der Waals surface area contributed by atoms with Crippen LogP contribution in [0.25, 0.3) is 0 Å². The summed E-state index contributed by atoms with van der Waals surface area (Å²) in [4.78, 5) is 0. The zero-order valence-corrected chi connectivity index (χ0v) is 7.67. The van der Waals surface area contributed by atoms with Crippen molar-refractivity contribution in [3.05, 3.63) is 24.8 Å². The Kier molecular flexibility index (Phi) is 4.12. The first kappa shape index (κ1) is 10.4. The van der Waals surface area contributed by atoms with E-state index in [4.69, 9.17) is 0 Å². The smallest absolute Gasteiger partial charge is 0.0602 e. The second kappa shape index (κ2) is 4.35. The van der Waals surface area contributed by atoms with Gasteiger partial charge in [0.1, 0.15) is 0 Å². The molecule has 0 bridgehead atoms. The van der Waals surface area contributed by atoms with Crippen LogP contribution in [-0.4, -0.2) is 11.2 Å². The van der Waals surface area contributed by atoms with Crippen molar-refractivity contribution in [2.75, 3.05) is 0 Å². The molecule has 64 valence electrons. The molecule has 2 atom stereocenters. The third-order valence-electron chi connectivity index (χ3n) is 2.21. The average molecular weight is 154 g/mol. The van der Waals surface area contributed by atoms with Crippen LogP contribution in [0.15, 0.2) is 24.8 Å². The minimum Gasteiger partial charge on any atom is -0.393 e. The molecule has 1 N–H and O–H groups in total. The predicted molar refractivity (Wildman–Crippen MR) is 49.4 cm³/mol. The number of aliphatic hydroxyl groups excluding tert-OH is 1. The molecule has 1 heteroatoms. The molecule has 0 aliphatic rings. The van der Waals surface area contributed by atoms with Crippen molar-refractivity contribution in [3.8, 4) is 0 Å². The standard InChI is InChI=1S/C10H18O/c1-5-7-8-10(4,6-2)9(3)11/h5-7,9,11H,2,8H2,1,3-4H3/b7-5+. The van der Waals surface area contributed by atoms with E-state index in [9.17, 15) is 5.11 Å². The lowest BCUT2D eigenvalue weighted by atomic mass is 9.82. The fourth-order valence-electron chi connectivity index (χ4n) is 0.796. The molecule has 0 radical (unpaired) electrons. The molecule has 11 heavy (non-hydrogen) atoms. The molecular formula is C10H18O. The molecule has 0 heterocycles. The van der Waals surface area contributed by atoms with E-state index in [1.165, 1.54) is 0 Å². The van der Waals surface area contributed by atoms with Crippen molar-refractivity contribution >= 4 is 0 Å². The Morgan fingerprint density at radius 3 is 2.45 bits per heavy atom. The average Bonchev–Trinajstić information content (AvgIpc) is 2.00. The highest BCUT2D eigenvalue weighted by Crippen LogP contribution is 2.27. The molecule has 0 aromatic heterocycles. The van der Waals surface area contributed by atoms with Crippen LogP contribution in [0.5, 0.6) is 0 Å². The van der Waals surface area contributed by atoms with Crippen LogP contribution in [0.3, 0.4) is 0 Å². The van der Waals surface area contributed by atoms with Gasteiger partial charge in [0.15, 0.2) is 0 Å². The maximum atomic E-state index is 9.39. The normalized spacial score (nSPS) is 19.6. The minimum absolute atomic E-state index is 0.174. The van der Waals surface area contributed by atoms with Gasteiger partial charge >= 0.3 is 0 Å². The lowest BCUT2D eigenvalue weighted by Gasteiger charge is -2.27. The number of allylic oxidation sites excluding steroid dienone is 2. The Hall–Kier alpha value is -0.560. The maximum absolute atomic E-state index is 9.39. The SMILES string of the molecule is C=CC(C)(C/C=C/C)C(C)O. The van der Waals surface area contributed by atoms with Gasteiger partial charge in [-0.15, -0.1) is 6.58 Å². The van der Waals surface area contributed by atoms with Gasteiger partial charge in [0.25, 0.3) is 0 Å². The van der Waals surface area contributed by atoms with Crippen LogP contribution >= 0.6 is 0 Å². The number of aliphatic hydroxyl groups is 1. The van der Waals surface area contributed by atoms with Gasteiger partial charge in [-0.2, -0.15) is 0 Å². The highest BCUT2D eigenvalue weighted by Gasteiger charge is 2.24. The summed E-state index contributed by atoms with van der Waals surface area (Å²) in [5.74, 6) is 0. The van der Waals surface area contributed by atoms with E-state index >= 15 is 0 Å². The molecule has 0 saturated carbocycles. The van der Waals surface area contributed by atoms with E-state index in [1.54, 1.807) is 6.92 Å². The lowest BCUT2D eigenvalue weighted by molar-refractivity contribution is 0.0892. The summed E-state index contributed by atoms with van der Waals surface area (Å²) >= 11 is 0. The molecule has 1 nitrogen and oxygen atoms in total. The molecule has 0 aliphatic carbocycles. The fourth-order valence-corrected chi connectivity index (χ4v) is 0.796. The van der Waals surface area contributed by atoms with Crippen molar-refractivity contribution in [1.82, 2.24) is 0 Å². The van der Waals surface area contributed by atoms with Crippen molar-refractivity contribution < 1.29 is 5.11 Å². The molecule has 0 aliphatic heterocycles. The monoisotopic (exact) mass is 154 g/mol. The predicted octanol–water partition coefficient (Wildman–Crippen LogP) is 2.53. The molecule has 2 unspecified atom stereocenters. The van der Waals surface area contributed by atoms with Gasteiger partial charge in [-0.25, -0.2) is 0 Å². The largest absolute Gasteiger partial charge is 0.393 e. The molecule has 0 rings (SSSR count). The Balaban J connectivity index is 4.21. The summed E-state index contributed by atoms with van der Waals surface area (Å²) in [5.41, 5.74) is -0.174. The van der Waals surface area contributed by atoms with E-state index in [2.05, 4.69) is 12.7 Å². The van der Waals surface area contributed by atoms with Crippen LogP contribution in [0, 0.1) is 5.41 Å². The van der Waals surface area contributed by atoms with E-state index in [0.717, 1.165) is 6.42 Å².